The van der Waals surface area contributed by atoms with Gasteiger partial charge in [-0.3, -0.25) is 0 Å². The van der Waals surface area contributed by atoms with Crippen molar-refractivity contribution in [2.75, 3.05) is 7.11 Å². The van der Waals surface area contributed by atoms with E-state index in [2.05, 4.69) is 10.2 Å². The predicted molar refractivity (Wildman–Crippen MR) is 59.5 cm³/mol. The molecule has 4 heteroatoms. The molecular weight excluding hydrogens is 204 g/mol. The number of benzene rings is 1. The average Bonchev–Trinajstić information content (AvgIpc) is 2.30. The molecule has 0 amide bonds. The molecule has 0 aliphatic heterocycles. The van der Waals surface area contributed by atoms with Crippen molar-refractivity contribution in [3.63, 3.8) is 0 Å². The molecule has 2 aromatic rings. The summed E-state index contributed by atoms with van der Waals surface area (Å²) in [6, 6.07) is 10.7. The molecule has 0 aliphatic rings. The van der Waals surface area contributed by atoms with E-state index in [4.69, 9.17) is 4.74 Å². The maximum absolute atomic E-state index is 9.32. The molecule has 0 saturated carbocycles. The summed E-state index contributed by atoms with van der Waals surface area (Å²) in [4.78, 5) is 0. The minimum atomic E-state index is 0.263. The van der Waals surface area contributed by atoms with Crippen molar-refractivity contribution in [2.24, 2.45) is 0 Å². The summed E-state index contributed by atoms with van der Waals surface area (Å²) >= 11 is 0. The number of nitrogens with zero attached hydrogens (tertiary/aromatic N) is 2. The lowest BCUT2D eigenvalue weighted by Crippen LogP contribution is -1.96. The Morgan fingerprint density at radius 1 is 1.19 bits per heavy atom. The van der Waals surface area contributed by atoms with Crippen LogP contribution in [0, 0.1) is 0 Å². The smallest absolute Gasteiger partial charge is 0.233 e. The molecule has 0 spiro atoms. The molecule has 1 aromatic heterocycles. The first kappa shape index (κ1) is 10.4. The zero-order valence-electron chi connectivity index (χ0n) is 8.92. The number of hydrogen-bond donors (Lipinski definition) is 1. The fourth-order valence-corrected chi connectivity index (χ4v) is 1.43. The molecule has 1 N–H and O–H groups in total. The number of methoxy groups -OCH3 is 1. The van der Waals surface area contributed by atoms with Crippen LogP contribution in [0.3, 0.4) is 0 Å². The molecule has 2 rings (SSSR count). The van der Waals surface area contributed by atoms with Crippen LogP contribution in [0.25, 0.3) is 0 Å². The van der Waals surface area contributed by atoms with E-state index in [0.717, 1.165) is 11.3 Å². The van der Waals surface area contributed by atoms with Crippen molar-refractivity contribution in [3.05, 3.63) is 47.7 Å². The molecule has 0 saturated heterocycles. The Labute approximate surface area is 93.5 Å². The van der Waals surface area contributed by atoms with E-state index in [9.17, 15) is 5.11 Å². The number of aromatic nitrogens is 2. The predicted octanol–water partition coefficient (Wildman–Crippen LogP) is 1.78. The summed E-state index contributed by atoms with van der Waals surface area (Å²) in [6.07, 6.45) is 0.644. The fraction of sp³-hybridized carbons (Fsp3) is 0.167. The Hall–Kier alpha value is -2.10. The number of rotatable bonds is 3. The first-order valence-corrected chi connectivity index (χ1v) is 4.92. The maximum atomic E-state index is 9.32. The number of phenolic OH excluding ortho intramolecular Hbond substituents is 1. The maximum Gasteiger partial charge on any atom is 0.233 e. The highest BCUT2D eigenvalue weighted by molar-refractivity contribution is 5.30. The summed E-state index contributed by atoms with van der Waals surface area (Å²) in [7, 11) is 1.55. The second kappa shape index (κ2) is 4.61. The molecule has 0 bridgehead atoms. The molecular formula is C12H12N2O2. The standard InChI is InChI=1S/C12H12N2O2/c1-16-12-6-5-10(13-14-12)7-9-3-2-4-11(15)8-9/h2-6,8,15H,7H2,1H3. The molecule has 0 radical (unpaired) electrons. The normalized spacial score (nSPS) is 10.1. The van der Waals surface area contributed by atoms with Crippen LogP contribution in [0.5, 0.6) is 11.6 Å². The average molecular weight is 216 g/mol. The van der Waals surface area contributed by atoms with Crippen LogP contribution in [0.4, 0.5) is 0 Å². The SMILES string of the molecule is COc1ccc(Cc2cccc(O)c2)nn1. The van der Waals surface area contributed by atoms with Gasteiger partial charge < -0.3 is 9.84 Å². The number of ether oxygens (including phenoxy) is 1. The van der Waals surface area contributed by atoms with Gasteiger partial charge in [-0.05, 0) is 23.8 Å². The highest BCUT2D eigenvalue weighted by atomic mass is 16.5. The topological polar surface area (TPSA) is 55.2 Å². The second-order valence-electron chi connectivity index (χ2n) is 3.41. The molecule has 0 atom stereocenters. The molecule has 1 heterocycles. The molecule has 0 fully saturated rings. The third kappa shape index (κ3) is 2.48. The first-order chi connectivity index (χ1) is 7.78. The third-order valence-corrected chi connectivity index (χ3v) is 2.20. The highest BCUT2D eigenvalue weighted by Gasteiger charge is 2.00. The number of phenols is 1. The molecule has 16 heavy (non-hydrogen) atoms. The van der Waals surface area contributed by atoms with Gasteiger partial charge >= 0.3 is 0 Å². The summed E-state index contributed by atoms with van der Waals surface area (Å²) in [6.45, 7) is 0. The lowest BCUT2D eigenvalue weighted by molar-refractivity contribution is 0.391. The fourth-order valence-electron chi connectivity index (χ4n) is 1.43. The van der Waals surface area contributed by atoms with Crippen LogP contribution >= 0.6 is 0 Å². The van der Waals surface area contributed by atoms with E-state index in [1.54, 1.807) is 25.3 Å². The van der Waals surface area contributed by atoms with Gasteiger partial charge in [0.2, 0.25) is 5.88 Å². The van der Waals surface area contributed by atoms with Crippen LogP contribution in [0.2, 0.25) is 0 Å². The Bertz CT molecular complexity index is 469. The minimum Gasteiger partial charge on any atom is -0.508 e. The van der Waals surface area contributed by atoms with Gasteiger partial charge in [-0.1, -0.05) is 12.1 Å². The van der Waals surface area contributed by atoms with E-state index in [-0.39, 0.29) is 5.75 Å². The highest BCUT2D eigenvalue weighted by Crippen LogP contribution is 2.14. The van der Waals surface area contributed by atoms with Crippen molar-refractivity contribution in [3.8, 4) is 11.6 Å². The summed E-state index contributed by atoms with van der Waals surface area (Å²) in [5.41, 5.74) is 1.84. The van der Waals surface area contributed by atoms with Gasteiger partial charge in [0.15, 0.2) is 0 Å². The van der Waals surface area contributed by atoms with E-state index in [0.29, 0.717) is 12.3 Å². The second-order valence-corrected chi connectivity index (χ2v) is 3.41. The van der Waals surface area contributed by atoms with Gasteiger partial charge in [0.25, 0.3) is 0 Å². The van der Waals surface area contributed by atoms with Gasteiger partial charge in [0, 0.05) is 12.5 Å². The van der Waals surface area contributed by atoms with Crippen LogP contribution in [-0.4, -0.2) is 22.4 Å². The quantitative estimate of drug-likeness (QED) is 0.849. The van der Waals surface area contributed by atoms with Gasteiger partial charge in [-0.15, -0.1) is 5.10 Å². The Morgan fingerprint density at radius 2 is 2.06 bits per heavy atom. The Balaban J connectivity index is 2.14. The summed E-state index contributed by atoms with van der Waals surface area (Å²) < 4.78 is 4.92. The van der Waals surface area contributed by atoms with Crippen LogP contribution in [-0.2, 0) is 6.42 Å². The van der Waals surface area contributed by atoms with Crippen molar-refractivity contribution < 1.29 is 9.84 Å². The zero-order valence-corrected chi connectivity index (χ0v) is 8.92. The Morgan fingerprint density at radius 3 is 2.69 bits per heavy atom. The Kier molecular flexibility index (Phi) is 3.00. The van der Waals surface area contributed by atoms with Crippen LogP contribution in [0.1, 0.15) is 11.3 Å². The minimum absolute atomic E-state index is 0.263. The van der Waals surface area contributed by atoms with Crippen LogP contribution < -0.4 is 4.74 Å². The van der Waals surface area contributed by atoms with Gasteiger partial charge in [-0.2, -0.15) is 5.10 Å². The molecule has 0 aliphatic carbocycles. The van der Waals surface area contributed by atoms with Gasteiger partial charge in [0.1, 0.15) is 5.75 Å². The molecule has 82 valence electrons. The third-order valence-electron chi connectivity index (χ3n) is 2.20. The van der Waals surface area contributed by atoms with Gasteiger partial charge in [-0.25, -0.2) is 0 Å². The molecule has 1 aromatic carbocycles. The lowest BCUT2D eigenvalue weighted by Gasteiger charge is -2.02. The summed E-state index contributed by atoms with van der Waals surface area (Å²) in [5, 5.41) is 17.2. The first-order valence-electron chi connectivity index (χ1n) is 4.92. The van der Waals surface area contributed by atoms with E-state index in [1.807, 2.05) is 18.2 Å². The zero-order chi connectivity index (χ0) is 11.4. The number of hydrogen-bond acceptors (Lipinski definition) is 4. The van der Waals surface area contributed by atoms with Crippen molar-refractivity contribution >= 4 is 0 Å². The largest absolute Gasteiger partial charge is 0.508 e. The van der Waals surface area contributed by atoms with Crippen LogP contribution in [0.15, 0.2) is 36.4 Å². The van der Waals surface area contributed by atoms with E-state index >= 15 is 0 Å². The van der Waals surface area contributed by atoms with Crippen molar-refractivity contribution in [1.82, 2.24) is 10.2 Å². The molecule has 4 nitrogen and oxygen atoms in total. The van der Waals surface area contributed by atoms with Gasteiger partial charge in [0.05, 0.1) is 12.8 Å². The summed E-state index contributed by atoms with van der Waals surface area (Å²) in [5.74, 6) is 0.763. The van der Waals surface area contributed by atoms with E-state index in [1.165, 1.54) is 0 Å². The number of aromatic hydroxyl groups is 1. The monoisotopic (exact) mass is 216 g/mol. The molecule has 0 unspecified atom stereocenters. The van der Waals surface area contributed by atoms with E-state index < -0.39 is 0 Å². The van der Waals surface area contributed by atoms with Crippen molar-refractivity contribution in [2.45, 2.75) is 6.42 Å². The van der Waals surface area contributed by atoms with Crippen molar-refractivity contribution in [1.29, 1.82) is 0 Å². The lowest BCUT2D eigenvalue weighted by atomic mass is 10.1.